The van der Waals surface area contributed by atoms with Crippen molar-refractivity contribution in [1.29, 1.82) is 0 Å². The first-order chi connectivity index (χ1) is 15.7. The summed E-state index contributed by atoms with van der Waals surface area (Å²) in [6, 6.07) is 26.5. The summed E-state index contributed by atoms with van der Waals surface area (Å²) >= 11 is 0. The summed E-state index contributed by atoms with van der Waals surface area (Å²) in [6.45, 7) is 1.05. The largest absolute Gasteiger partial charge is 0.481 e. The standard InChI is InChI=1S/C26H25N3O3.ClH/c30-24(31)16-17-27-18-21-10-12-22(13-11-21)25-28-26(32-29-25)23-14-8-20(9-15-23)7-6-19-4-2-1-3-5-19;/h1-5,8-15,27H,6-7,16-18H2,(H,30,31);1H. The molecule has 6 nitrogen and oxygen atoms in total. The van der Waals surface area contributed by atoms with Crippen LogP contribution in [0.4, 0.5) is 0 Å². The van der Waals surface area contributed by atoms with Gasteiger partial charge in [-0.05, 0) is 41.7 Å². The van der Waals surface area contributed by atoms with E-state index in [9.17, 15) is 4.79 Å². The van der Waals surface area contributed by atoms with Crippen molar-refractivity contribution in [3.05, 3.63) is 95.6 Å². The highest BCUT2D eigenvalue weighted by molar-refractivity contribution is 5.85. The fourth-order valence-electron chi connectivity index (χ4n) is 3.41. The Balaban J connectivity index is 0.00000306. The fraction of sp³-hybridized carbons (Fsp3) is 0.192. The Morgan fingerprint density at radius 1 is 0.818 bits per heavy atom. The van der Waals surface area contributed by atoms with Gasteiger partial charge >= 0.3 is 5.97 Å². The number of nitrogens with one attached hydrogen (secondary N) is 1. The van der Waals surface area contributed by atoms with Crippen LogP contribution in [0.15, 0.2) is 83.4 Å². The number of carboxylic acids is 1. The maximum absolute atomic E-state index is 10.6. The zero-order valence-electron chi connectivity index (χ0n) is 18.1. The van der Waals surface area contributed by atoms with Gasteiger partial charge in [0.25, 0.3) is 5.89 Å². The van der Waals surface area contributed by atoms with E-state index in [1.54, 1.807) is 0 Å². The van der Waals surface area contributed by atoms with Gasteiger partial charge in [-0.1, -0.05) is 71.9 Å². The number of rotatable bonds is 10. The lowest BCUT2D eigenvalue weighted by atomic mass is 10.0. The lowest BCUT2D eigenvalue weighted by molar-refractivity contribution is -0.136. The van der Waals surface area contributed by atoms with Gasteiger partial charge in [-0.2, -0.15) is 4.98 Å². The van der Waals surface area contributed by atoms with E-state index in [0.29, 0.717) is 24.8 Å². The molecule has 0 saturated heterocycles. The molecule has 0 unspecified atom stereocenters. The molecular formula is C26H26ClN3O3. The lowest BCUT2D eigenvalue weighted by Gasteiger charge is -2.04. The molecule has 0 aliphatic heterocycles. The molecule has 0 aliphatic carbocycles. The molecule has 0 radical (unpaired) electrons. The molecular weight excluding hydrogens is 438 g/mol. The number of carbonyl (C=O) groups is 1. The Labute approximate surface area is 199 Å². The van der Waals surface area contributed by atoms with Gasteiger partial charge in [0, 0.05) is 24.2 Å². The molecule has 0 saturated carbocycles. The highest BCUT2D eigenvalue weighted by Gasteiger charge is 2.11. The predicted octanol–water partition coefficient (Wildman–Crippen LogP) is 5.17. The van der Waals surface area contributed by atoms with Gasteiger partial charge in [-0.25, -0.2) is 0 Å². The summed E-state index contributed by atoms with van der Waals surface area (Å²) in [5, 5.41) is 15.9. The second kappa shape index (κ2) is 11.9. The van der Waals surface area contributed by atoms with E-state index in [2.05, 4.69) is 51.9 Å². The van der Waals surface area contributed by atoms with Gasteiger partial charge in [-0.3, -0.25) is 4.79 Å². The summed E-state index contributed by atoms with van der Waals surface area (Å²) in [6.07, 6.45) is 2.10. The second-order valence-corrected chi connectivity index (χ2v) is 7.62. The van der Waals surface area contributed by atoms with Gasteiger partial charge in [0.2, 0.25) is 5.82 Å². The average molecular weight is 464 g/mol. The Morgan fingerprint density at radius 3 is 2.09 bits per heavy atom. The summed E-state index contributed by atoms with van der Waals surface area (Å²) in [4.78, 5) is 15.1. The maximum Gasteiger partial charge on any atom is 0.304 e. The van der Waals surface area contributed by atoms with Crippen LogP contribution in [0.5, 0.6) is 0 Å². The third kappa shape index (κ3) is 7.00. The Kier molecular flexibility index (Phi) is 8.75. The Bertz CT molecular complexity index is 1140. The van der Waals surface area contributed by atoms with E-state index < -0.39 is 5.97 Å². The minimum atomic E-state index is -0.803. The van der Waals surface area contributed by atoms with E-state index in [1.807, 2.05) is 42.5 Å². The normalized spacial score (nSPS) is 10.5. The summed E-state index contributed by atoms with van der Waals surface area (Å²) in [5.41, 5.74) is 5.43. The van der Waals surface area contributed by atoms with E-state index in [4.69, 9.17) is 9.63 Å². The van der Waals surface area contributed by atoms with Crippen LogP contribution in [-0.2, 0) is 24.2 Å². The van der Waals surface area contributed by atoms with Gasteiger partial charge in [-0.15, -0.1) is 12.4 Å². The van der Waals surface area contributed by atoms with Gasteiger partial charge < -0.3 is 14.9 Å². The second-order valence-electron chi connectivity index (χ2n) is 7.62. The number of hydrogen-bond acceptors (Lipinski definition) is 5. The first kappa shape index (κ1) is 24.2. The van der Waals surface area contributed by atoms with Gasteiger partial charge in [0.1, 0.15) is 0 Å². The van der Waals surface area contributed by atoms with Crippen LogP contribution in [0.1, 0.15) is 23.1 Å². The number of aromatic nitrogens is 2. The zero-order valence-corrected chi connectivity index (χ0v) is 18.9. The van der Waals surface area contributed by atoms with Crippen molar-refractivity contribution < 1.29 is 14.4 Å². The third-order valence-corrected chi connectivity index (χ3v) is 5.23. The predicted molar refractivity (Wildman–Crippen MR) is 130 cm³/mol. The molecule has 0 aliphatic rings. The van der Waals surface area contributed by atoms with E-state index in [0.717, 1.165) is 29.5 Å². The van der Waals surface area contributed by atoms with Crippen LogP contribution in [0.2, 0.25) is 0 Å². The average Bonchev–Trinajstić information content (AvgIpc) is 3.32. The molecule has 3 aromatic carbocycles. The smallest absolute Gasteiger partial charge is 0.304 e. The van der Waals surface area contributed by atoms with Crippen molar-refractivity contribution in [2.45, 2.75) is 25.8 Å². The molecule has 170 valence electrons. The Hall–Kier alpha value is -3.48. The number of aliphatic carboxylic acids is 1. The highest BCUT2D eigenvalue weighted by atomic mass is 35.5. The van der Waals surface area contributed by atoms with Crippen molar-refractivity contribution in [2.75, 3.05) is 6.54 Å². The minimum absolute atomic E-state index is 0. The monoisotopic (exact) mass is 463 g/mol. The molecule has 4 rings (SSSR count). The molecule has 7 heteroatoms. The molecule has 0 amide bonds. The Morgan fingerprint density at radius 2 is 1.42 bits per heavy atom. The molecule has 0 bridgehead atoms. The first-order valence-electron chi connectivity index (χ1n) is 10.7. The number of hydrogen-bond donors (Lipinski definition) is 2. The highest BCUT2D eigenvalue weighted by Crippen LogP contribution is 2.23. The van der Waals surface area contributed by atoms with E-state index in [-0.39, 0.29) is 18.8 Å². The summed E-state index contributed by atoms with van der Waals surface area (Å²) < 4.78 is 5.48. The number of aryl methyl sites for hydroxylation is 2. The van der Waals surface area contributed by atoms with Crippen LogP contribution in [0, 0.1) is 0 Å². The summed E-state index contributed by atoms with van der Waals surface area (Å²) in [5.74, 6) is 0.232. The molecule has 4 aromatic rings. The SMILES string of the molecule is Cl.O=C(O)CCNCc1ccc(-c2noc(-c3ccc(CCc4ccccc4)cc3)n2)cc1. The fourth-order valence-corrected chi connectivity index (χ4v) is 3.41. The van der Waals surface area contributed by atoms with Crippen LogP contribution in [-0.4, -0.2) is 27.8 Å². The molecule has 0 fully saturated rings. The zero-order chi connectivity index (χ0) is 22.2. The third-order valence-electron chi connectivity index (χ3n) is 5.23. The van der Waals surface area contributed by atoms with Crippen LogP contribution < -0.4 is 5.32 Å². The van der Waals surface area contributed by atoms with Crippen molar-refractivity contribution in [1.82, 2.24) is 15.5 Å². The van der Waals surface area contributed by atoms with Crippen molar-refractivity contribution in [3.8, 4) is 22.8 Å². The molecule has 33 heavy (non-hydrogen) atoms. The van der Waals surface area contributed by atoms with E-state index >= 15 is 0 Å². The van der Waals surface area contributed by atoms with Crippen LogP contribution in [0.3, 0.4) is 0 Å². The van der Waals surface area contributed by atoms with Crippen molar-refractivity contribution in [3.63, 3.8) is 0 Å². The van der Waals surface area contributed by atoms with Gasteiger partial charge in [0.05, 0.1) is 6.42 Å². The lowest BCUT2D eigenvalue weighted by Crippen LogP contribution is -2.17. The molecule has 0 spiro atoms. The quantitative estimate of drug-likeness (QED) is 0.315. The van der Waals surface area contributed by atoms with Crippen LogP contribution in [0.25, 0.3) is 22.8 Å². The molecule has 2 N–H and O–H groups in total. The maximum atomic E-state index is 10.6. The van der Waals surface area contributed by atoms with Crippen LogP contribution >= 0.6 is 12.4 Å². The molecule has 1 aromatic heterocycles. The first-order valence-corrected chi connectivity index (χ1v) is 10.7. The number of benzene rings is 3. The molecule has 0 atom stereocenters. The van der Waals surface area contributed by atoms with E-state index in [1.165, 1.54) is 11.1 Å². The summed E-state index contributed by atoms with van der Waals surface area (Å²) in [7, 11) is 0. The molecule has 1 heterocycles. The number of halogens is 1. The van der Waals surface area contributed by atoms with Crippen molar-refractivity contribution >= 4 is 18.4 Å². The minimum Gasteiger partial charge on any atom is -0.481 e. The van der Waals surface area contributed by atoms with Crippen molar-refractivity contribution in [2.24, 2.45) is 0 Å². The topological polar surface area (TPSA) is 88.2 Å². The van der Waals surface area contributed by atoms with Gasteiger partial charge in [0.15, 0.2) is 0 Å². The number of carboxylic acid groups (broad SMARTS) is 1. The number of nitrogens with zero attached hydrogens (tertiary/aromatic N) is 2.